The van der Waals surface area contributed by atoms with Gasteiger partial charge < -0.3 is 24.6 Å². The van der Waals surface area contributed by atoms with E-state index >= 15 is 0 Å². The van der Waals surface area contributed by atoms with Crippen molar-refractivity contribution in [3.63, 3.8) is 0 Å². The molecule has 1 saturated heterocycles. The fourth-order valence-corrected chi connectivity index (χ4v) is 3.57. The molecule has 1 aromatic heterocycles. The number of benzene rings is 2. The van der Waals surface area contributed by atoms with E-state index in [2.05, 4.69) is 27.1 Å². The van der Waals surface area contributed by atoms with Gasteiger partial charge in [-0.3, -0.25) is 4.79 Å². The third-order valence-electron chi connectivity index (χ3n) is 5.13. The van der Waals surface area contributed by atoms with Crippen molar-refractivity contribution >= 4 is 28.9 Å². The van der Waals surface area contributed by atoms with Crippen LogP contribution in [-0.2, 0) is 4.79 Å². The molecule has 0 aliphatic carbocycles. The van der Waals surface area contributed by atoms with Gasteiger partial charge in [-0.05, 0) is 55.6 Å². The van der Waals surface area contributed by atoms with Crippen LogP contribution in [0.1, 0.15) is 0 Å². The van der Waals surface area contributed by atoms with Crippen molar-refractivity contribution in [3.8, 4) is 17.4 Å². The third-order valence-corrected chi connectivity index (χ3v) is 5.37. The van der Waals surface area contributed by atoms with Crippen LogP contribution in [0, 0.1) is 0 Å². The lowest BCUT2D eigenvalue weighted by molar-refractivity contribution is -0.118. The molecule has 4 rings (SSSR count). The number of carbonyl (C=O) groups excluding carboxylic acids is 1. The lowest BCUT2D eigenvalue weighted by atomic mass is 10.2. The summed E-state index contributed by atoms with van der Waals surface area (Å²) >= 11 is 6.18. The van der Waals surface area contributed by atoms with Gasteiger partial charge in [0.1, 0.15) is 11.5 Å². The largest absolute Gasteiger partial charge is 0.484 e. The number of rotatable bonds is 7. The summed E-state index contributed by atoms with van der Waals surface area (Å²) in [4.78, 5) is 21.2. The summed E-state index contributed by atoms with van der Waals surface area (Å²) in [5, 5.41) is 3.51. The van der Waals surface area contributed by atoms with Crippen molar-refractivity contribution in [1.29, 1.82) is 0 Å². The predicted molar refractivity (Wildman–Crippen MR) is 126 cm³/mol. The van der Waals surface area contributed by atoms with Gasteiger partial charge in [0.05, 0.1) is 11.4 Å². The second kappa shape index (κ2) is 10.3. The van der Waals surface area contributed by atoms with Crippen LogP contribution in [0.15, 0.2) is 66.9 Å². The average molecular weight is 453 g/mol. The molecule has 1 amide bonds. The number of nitrogens with zero attached hydrogens (tertiary/aromatic N) is 3. The fraction of sp³-hybridized carbons (Fsp3) is 0.250. The Balaban J connectivity index is 1.33. The van der Waals surface area contributed by atoms with Gasteiger partial charge in [-0.2, -0.15) is 0 Å². The number of carbonyl (C=O) groups is 1. The number of anilines is 2. The molecule has 1 aliphatic heterocycles. The van der Waals surface area contributed by atoms with E-state index in [4.69, 9.17) is 21.1 Å². The first-order valence-corrected chi connectivity index (χ1v) is 10.8. The van der Waals surface area contributed by atoms with E-state index < -0.39 is 0 Å². The molecular weight excluding hydrogens is 428 g/mol. The van der Waals surface area contributed by atoms with Crippen LogP contribution in [0.4, 0.5) is 11.4 Å². The Morgan fingerprint density at radius 2 is 1.78 bits per heavy atom. The van der Waals surface area contributed by atoms with E-state index in [9.17, 15) is 4.79 Å². The number of halogens is 1. The van der Waals surface area contributed by atoms with Gasteiger partial charge in [0, 0.05) is 43.5 Å². The molecule has 0 atom stereocenters. The average Bonchev–Trinajstić information content (AvgIpc) is 2.80. The number of ether oxygens (including phenoxy) is 2. The lowest BCUT2D eigenvalue weighted by Crippen LogP contribution is -2.44. The predicted octanol–water partition coefficient (Wildman–Crippen LogP) is 4.30. The van der Waals surface area contributed by atoms with Crippen molar-refractivity contribution < 1.29 is 14.3 Å². The number of likely N-dealkylation sites (N-methyl/N-ethyl adjacent to an activating group) is 1. The van der Waals surface area contributed by atoms with Crippen molar-refractivity contribution in [1.82, 2.24) is 9.88 Å². The first-order chi connectivity index (χ1) is 15.6. The normalized spacial score (nSPS) is 14.1. The maximum absolute atomic E-state index is 12.6. The maximum Gasteiger partial charge on any atom is 0.262 e. The van der Waals surface area contributed by atoms with Crippen LogP contribution < -0.4 is 19.7 Å². The van der Waals surface area contributed by atoms with Crippen molar-refractivity contribution in [2.24, 2.45) is 0 Å². The van der Waals surface area contributed by atoms with Gasteiger partial charge in [-0.15, -0.1) is 0 Å². The van der Waals surface area contributed by atoms with Crippen LogP contribution in [-0.4, -0.2) is 55.6 Å². The first kappa shape index (κ1) is 21.9. The zero-order valence-electron chi connectivity index (χ0n) is 17.8. The van der Waals surface area contributed by atoms with E-state index in [0.717, 1.165) is 31.9 Å². The highest BCUT2D eigenvalue weighted by molar-refractivity contribution is 6.31. The molecule has 2 heterocycles. The van der Waals surface area contributed by atoms with Gasteiger partial charge in [-0.25, -0.2) is 4.98 Å². The minimum atomic E-state index is -0.253. The zero-order valence-corrected chi connectivity index (χ0v) is 18.6. The number of nitrogens with one attached hydrogen (secondary N) is 1. The van der Waals surface area contributed by atoms with E-state index in [0.29, 0.717) is 28.1 Å². The molecule has 1 N–H and O–H groups in total. The molecule has 0 unspecified atom stereocenters. The van der Waals surface area contributed by atoms with Crippen molar-refractivity contribution in [3.05, 3.63) is 71.9 Å². The van der Waals surface area contributed by atoms with Gasteiger partial charge in [0.25, 0.3) is 5.91 Å². The molecule has 32 heavy (non-hydrogen) atoms. The minimum Gasteiger partial charge on any atom is -0.484 e. The van der Waals surface area contributed by atoms with Crippen LogP contribution >= 0.6 is 11.6 Å². The second-order valence-corrected chi connectivity index (χ2v) is 7.97. The summed E-state index contributed by atoms with van der Waals surface area (Å²) < 4.78 is 11.3. The van der Waals surface area contributed by atoms with E-state index in [-0.39, 0.29) is 12.5 Å². The Labute approximate surface area is 192 Å². The molecule has 7 nitrogen and oxygen atoms in total. The number of piperazine rings is 1. The molecule has 8 heteroatoms. The minimum absolute atomic E-state index is 0.116. The Morgan fingerprint density at radius 3 is 2.50 bits per heavy atom. The standard InChI is InChI=1S/C24H25ClN4O3/c1-28-12-14-29(15-13-28)22-10-5-18(25)16-21(22)27-23(30)17-31-19-6-8-20(9-7-19)32-24-4-2-3-11-26-24/h2-11,16H,12-15,17H2,1H3,(H,27,30). The number of hydrogen-bond donors (Lipinski definition) is 1. The van der Waals surface area contributed by atoms with Gasteiger partial charge in [0.2, 0.25) is 5.88 Å². The quantitative estimate of drug-likeness (QED) is 0.576. The number of amides is 1. The highest BCUT2D eigenvalue weighted by atomic mass is 35.5. The van der Waals surface area contributed by atoms with Gasteiger partial charge >= 0.3 is 0 Å². The van der Waals surface area contributed by atoms with E-state index in [1.165, 1.54) is 0 Å². The molecule has 0 spiro atoms. The molecule has 0 bridgehead atoms. The van der Waals surface area contributed by atoms with Crippen LogP contribution in [0.5, 0.6) is 17.4 Å². The summed E-state index contributed by atoms with van der Waals surface area (Å²) in [6, 6.07) is 18.1. The Morgan fingerprint density at radius 1 is 1.03 bits per heavy atom. The Kier molecular flexibility index (Phi) is 7.09. The van der Waals surface area contributed by atoms with Crippen LogP contribution in [0.3, 0.4) is 0 Å². The topological polar surface area (TPSA) is 66.9 Å². The molecule has 3 aromatic rings. The van der Waals surface area contributed by atoms with E-state index in [1.807, 2.05) is 24.3 Å². The zero-order chi connectivity index (χ0) is 22.3. The van der Waals surface area contributed by atoms with E-state index in [1.54, 1.807) is 42.6 Å². The van der Waals surface area contributed by atoms with Crippen molar-refractivity contribution in [2.75, 3.05) is 50.1 Å². The Hall–Kier alpha value is -3.29. The fourth-order valence-electron chi connectivity index (χ4n) is 3.40. The third kappa shape index (κ3) is 5.90. The molecule has 2 aromatic carbocycles. The molecule has 1 fully saturated rings. The van der Waals surface area contributed by atoms with Gasteiger partial charge in [-0.1, -0.05) is 17.7 Å². The lowest BCUT2D eigenvalue weighted by Gasteiger charge is -2.35. The Bertz CT molecular complexity index is 1040. The number of pyridine rings is 1. The van der Waals surface area contributed by atoms with Gasteiger partial charge in [0.15, 0.2) is 6.61 Å². The SMILES string of the molecule is CN1CCN(c2ccc(Cl)cc2NC(=O)COc2ccc(Oc3ccccn3)cc2)CC1. The maximum atomic E-state index is 12.6. The number of hydrogen-bond acceptors (Lipinski definition) is 6. The van der Waals surface area contributed by atoms with Crippen LogP contribution in [0.25, 0.3) is 0 Å². The van der Waals surface area contributed by atoms with Crippen LogP contribution in [0.2, 0.25) is 5.02 Å². The summed E-state index contributed by atoms with van der Waals surface area (Å²) in [7, 11) is 2.11. The smallest absolute Gasteiger partial charge is 0.262 e. The second-order valence-electron chi connectivity index (χ2n) is 7.53. The molecule has 1 aliphatic rings. The van der Waals surface area contributed by atoms with Crippen molar-refractivity contribution in [2.45, 2.75) is 0 Å². The molecule has 0 radical (unpaired) electrons. The number of aromatic nitrogens is 1. The highest BCUT2D eigenvalue weighted by Gasteiger charge is 2.18. The summed E-state index contributed by atoms with van der Waals surface area (Å²) in [5.41, 5.74) is 1.65. The monoisotopic (exact) mass is 452 g/mol. The molecular formula is C24H25ClN4O3. The summed E-state index contributed by atoms with van der Waals surface area (Å²) in [6.07, 6.45) is 1.67. The molecule has 0 saturated carbocycles. The first-order valence-electron chi connectivity index (χ1n) is 10.4. The summed E-state index contributed by atoms with van der Waals surface area (Å²) in [5.74, 6) is 1.46. The molecule has 166 valence electrons. The highest BCUT2D eigenvalue weighted by Crippen LogP contribution is 2.30. The summed E-state index contributed by atoms with van der Waals surface area (Å²) in [6.45, 7) is 3.61.